The zero-order valence-electron chi connectivity index (χ0n) is 15.6. The van der Waals surface area contributed by atoms with E-state index in [0.717, 1.165) is 0 Å². The first kappa shape index (κ1) is 19.9. The molecular weight excluding hydrogens is 422 g/mol. The van der Waals surface area contributed by atoms with Crippen molar-refractivity contribution >= 4 is 36.6 Å². The summed E-state index contributed by atoms with van der Waals surface area (Å²) in [6.45, 7) is 0. The Kier molecular flexibility index (Phi) is 5.19. The van der Waals surface area contributed by atoms with Gasteiger partial charge in [-0.05, 0) is 53.9 Å². The topological polar surface area (TPSA) is 89.5 Å². The minimum absolute atomic E-state index is 0.0504. The molecule has 0 atom stereocenters. The van der Waals surface area contributed by atoms with E-state index in [1.54, 1.807) is 66.7 Å². The molecule has 4 aromatic rings. The van der Waals surface area contributed by atoms with Crippen LogP contribution in [-0.2, 0) is 20.1 Å². The first-order valence-corrected chi connectivity index (χ1v) is 11.8. The number of sulfonamides is 1. The monoisotopic (exact) mass is 439 g/mol. The van der Waals surface area contributed by atoms with E-state index in [-0.39, 0.29) is 15.5 Å². The van der Waals surface area contributed by atoms with Crippen molar-refractivity contribution in [3.8, 4) is 5.75 Å². The highest BCUT2D eigenvalue weighted by Gasteiger charge is 2.18. The summed E-state index contributed by atoms with van der Waals surface area (Å²) >= 11 is 0. The van der Waals surface area contributed by atoms with Crippen LogP contribution in [0.3, 0.4) is 0 Å². The Labute approximate surface area is 174 Å². The molecule has 1 N–H and O–H groups in total. The van der Waals surface area contributed by atoms with Crippen molar-refractivity contribution in [2.75, 3.05) is 4.72 Å². The number of nitrogens with one attached hydrogen (secondary N) is 1. The molecule has 0 spiro atoms. The number of hydrogen-bond donors (Lipinski definition) is 1. The second-order valence-corrected chi connectivity index (χ2v) is 9.69. The molecule has 4 rings (SSSR count). The molecule has 0 saturated heterocycles. The van der Waals surface area contributed by atoms with Gasteiger partial charge >= 0.3 is 10.1 Å². The molecule has 4 aromatic carbocycles. The van der Waals surface area contributed by atoms with E-state index in [2.05, 4.69) is 4.72 Å². The second kappa shape index (κ2) is 7.81. The lowest BCUT2D eigenvalue weighted by Crippen LogP contribution is -2.13. The minimum atomic E-state index is -3.97. The van der Waals surface area contributed by atoms with Gasteiger partial charge in [-0.1, -0.05) is 48.5 Å². The summed E-state index contributed by atoms with van der Waals surface area (Å²) in [5.74, 6) is 0.134. The van der Waals surface area contributed by atoms with Crippen LogP contribution in [-0.4, -0.2) is 16.8 Å². The van der Waals surface area contributed by atoms with Crippen LogP contribution >= 0.6 is 0 Å². The molecular formula is C22H17NO5S2. The van der Waals surface area contributed by atoms with E-state index in [9.17, 15) is 16.8 Å². The van der Waals surface area contributed by atoms with Gasteiger partial charge in [-0.15, -0.1) is 0 Å². The van der Waals surface area contributed by atoms with E-state index in [0.29, 0.717) is 16.5 Å². The zero-order chi connectivity index (χ0) is 21.2. The normalized spacial score (nSPS) is 11.9. The van der Waals surface area contributed by atoms with Crippen LogP contribution in [0.15, 0.2) is 107 Å². The third-order valence-electron chi connectivity index (χ3n) is 4.39. The predicted octanol–water partition coefficient (Wildman–Crippen LogP) is 4.41. The average Bonchev–Trinajstić information content (AvgIpc) is 2.74. The van der Waals surface area contributed by atoms with Gasteiger partial charge in [0.1, 0.15) is 10.6 Å². The quantitative estimate of drug-likeness (QED) is 0.450. The van der Waals surface area contributed by atoms with E-state index in [1.807, 2.05) is 0 Å². The average molecular weight is 440 g/mol. The van der Waals surface area contributed by atoms with Crippen molar-refractivity contribution in [3.63, 3.8) is 0 Å². The molecule has 0 saturated carbocycles. The Bertz CT molecular complexity index is 1400. The standard InChI is InChI=1S/C22H17NO5S2/c24-29(25,19-9-3-1-4-10-19)23-22-13-7-8-17-16-18(14-15-21(17)22)28-30(26,27)20-11-5-2-6-12-20/h1-16,23H. The SMILES string of the molecule is O=S(=O)(Nc1cccc2cc(OS(=O)(=O)c3ccccc3)ccc12)c1ccccc1. The molecule has 0 aromatic heterocycles. The highest BCUT2D eigenvalue weighted by molar-refractivity contribution is 7.92. The lowest BCUT2D eigenvalue weighted by Gasteiger charge is -2.12. The predicted molar refractivity (Wildman–Crippen MR) is 115 cm³/mol. The van der Waals surface area contributed by atoms with Crippen molar-refractivity contribution in [1.29, 1.82) is 0 Å². The van der Waals surface area contributed by atoms with Crippen LogP contribution in [0.4, 0.5) is 5.69 Å². The van der Waals surface area contributed by atoms with Gasteiger partial charge in [0.05, 0.1) is 10.6 Å². The van der Waals surface area contributed by atoms with Crippen molar-refractivity contribution in [2.45, 2.75) is 9.79 Å². The summed E-state index contributed by atoms with van der Waals surface area (Å²) in [6.07, 6.45) is 0. The fourth-order valence-corrected chi connectivity index (χ4v) is 5.01. The van der Waals surface area contributed by atoms with E-state index in [4.69, 9.17) is 4.18 Å². The Morgan fingerprint density at radius 2 is 1.27 bits per heavy atom. The maximum absolute atomic E-state index is 12.6. The van der Waals surface area contributed by atoms with Gasteiger partial charge in [-0.25, -0.2) is 8.42 Å². The summed E-state index contributed by atoms with van der Waals surface area (Å²) in [5, 5.41) is 1.24. The fraction of sp³-hybridized carbons (Fsp3) is 0. The summed E-state index contributed by atoms with van der Waals surface area (Å²) < 4.78 is 58.0. The van der Waals surface area contributed by atoms with Gasteiger partial charge in [-0.3, -0.25) is 4.72 Å². The number of benzene rings is 4. The number of rotatable bonds is 6. The largest absolute Gasteiger partial charge is 0.379 e. The molecule has 0 amide bonds. The van der Waals surface area contributed by atoms with Gasteiger partial charge in [0.15, 0.2) is 0 Å². The Morgan fingerprint density at radius 1 is 0.633 bits per heavy atom. The van der Waals surface area contributed by atoms with Crippen LogP contribution in [0, 0.1) is 0 Å². The Morgan fingerprint density at radius 3 is 1.93 bits per heavy atom. The molecule has 0 heterocycles. The molecule has 0 fully saturated rings. The summed E-state index contributed by atoms with van der Waals surface area (Å²) in [7, 11) is -7.73. The van der Waals surface area contributed by atoms with E-state index < -0.39 is 20.1 Å². The van der Waals surface area contributed by atoms with E-state index >= 15 is 0 Å². The Balaban J connectivity index is 1.66. The second-order valence-electron chi connectivity index (χ2n) is 6.46. The van der Waals surface area contributed by atoms with E-state index in [1.165, 1.54) is 30.3 Å². The van der Waals surface area contributed by atoms with Gasteiger partial charge in [-0.2, -0.15) is 8.42 Å². The number of fused-ring (bicyclic) bond motifs is 1. The van der Waals surface area contributed by atoms with Gasteiger partial charge in [0.2, 0.25) is 0 Å². The highest BCUT2D eigenvalue weighted by atomic mass is 32.2. The summed E-state index contributed by atoms with van der Waals surface area (Å²) in [4.78, 5) is 0.199. The maximum atomic E-state index is 12.6. The fourth-order valence-electron chi connectivity index (χ4n) is 2.97. The molecule has 8 heteroatoms. The lowest BCUT2D eigenvalue weighted by molar-refractivity contribution is 0.486. The van der Waals surface area contributed by atoms with Crippen LogP contribution in [0.2, 0.25) is 0 Å². The van der Waals surface area contributed by atoms with Gasteiger partial charge in [0.25, 0.3) is 10.0 Å². The van der Waals surface area contributed by atoms with Crippen molar-refractivity contribution in [1.82, 2.24) is 0 Å². The third-order valence-corrected chi connectivity index (χ3v) is 7.03. The number of anilines is 1. The summed E-state index contributed by atoms with van der Waals surface area (Å²) in [5.41, 5.74) is 0.383. The van der Waals surface area contributed by atoms with Crippen LogP contribution < -0.4 is 8.91 Å². The smallest absolute Gasteiger partial charge is 0.339 e. The minimum Gasteiger partial charge on any atom is -0.379 e. The van der Waals surface area contributed by atoms with Crippen molar-refractivity contribution < 1.29 is 21.0 Å². The molecule has 6 nitrogen and oxygen atoms in total. The van der Waals surface area contributed by atoms with Crippen molar-refractivity contribution in [2.24, 2.45) is 0 Å². The molecule has 0 unspecified atom stereocenters. The molecule has 0 aliphatic heterocycles. The van der Waals surface area contributed by atoms with Crippen molar-refractivity contribution in [3.05, 3.63) is 97.1 Å². The molecule has 0 aliphatic carbocycles. The molecule has 0 radical (unpaired) electrons. The first-order valence-electron chi connectivity index (χ1n) is 8.95. The molecule has 30 heavy (non-hydrogen) atoms. The maximum Gasteiger partial charge on any atom is 0.339 e. The van der Waals surface area contributed by atoms with Crippen LogP contribution in [0.25, 0.3) is 10.8 Å². The summed E-state index contributed by atoms with van der Waals surface area (Å²) in [6, 6.07) is 25.6. The number of hydrogen-bond acceptors (Lipinski definition) is 5. The molecule has 152 valence electrons. The first-order chi connectivity index (χ1) is 14.4. The Hall–Kier alpha value is -3.36. The third kappa shape index (κ3) is 4.14. The zero-order valence-corrected chi connectivity index (χ0v) is 17.2. The lowest BCUT2D eigenvalue weighted by atomic mass is 10.1. The van der Waals surface area contributed by atoms with Crippen LogP contribution in [0.5, 0.6) is 5.75 Å². The van der Waals surface area contributed by atoms with Gasteiger partial charge < -0.3 is 4.18 Å². The highest BCUT2D eigenvalue weighted by Crippen LogP contribution is 2.30. The van der Waals surface area contributed by atoms with Crippen LogP contribution in [0.1, 0.15) is 0 Å². The van der Waals surface area contributed by atoms with Gasteiger partial charge in [0, 0.05) is 5.39 Å². The molecule has 0 aliphatic rings. The molecule has 0 bridgehead atoms.